The molecule has 0 fully saturated rings. The third-order valence-corrected chi connectivity index (χ3v) is 32.5. The van der Waals surface area contributed by atoms with Gasteiger partial charge in [0.1, 0.15) is 46.0 Å². The number of carboxylic acids is 2. The van der Waals surface area contributed by atoms with Gasteiger partial charge in [-0.25, -0.2) is 19.4 Å². The van der Waals surface area contributed by atoms with Crippen molar-refractivity contribution in [3.8, 4) is 68.2 Å². The molecule has 2 atom stereocenters. The van der Waals surface area contributed by atoms with Gasteiger partial charge >= 0.3 is 11.9 Å². The van der Waals surface area contributed by atoms with Crippen LogP contribution < -0.4 is 28.7 Å². The van der Waals surface area contributed by atoms with Crippen molar-refractivity contribution in [3.05, 3.63) is 372 Å². The maximum absolute atomic E-state index is 16.4. The fraction of sp³-hybridized carbons (Fsp3) is 0.244. The van der Waals surface area contributed by atoms with Gasteiger partial charge in [-0.05, 0) is 358 Å². The molecule has 7 aliphatic rings. The second kappa shape index (κ2) is 33.7. The van der Waals surface area contributed by atoms with E-state index in [4.69, 9.17) is 18.9 Å². The second-order valence-electron chi connectivity index (χ2n) is 47.4. The van der Waals surface area contributed by atoms with Gasteiger partial charge in [0.05, 0.1) is 44.8 Å². The van der Waals surface area contributed by atoms with Crippen LogP contribution in [-0.4, -0.2) is 45.8 Å². The van der Waals surface area contributed by atoms with Crippen molar-refractivity contribution in [3.63, 3.8) is 0 Å². The SMILES string of the molecule is C=Cc1cc2cc3c(cc2cc1CCc1cc2cc4c(cc2cc1C)-c1ccc2c5c(Oc6ccc(C(C)(C)C)cc6)cc6c7c(cc(Oc8ccc(C(C)(C)C)cc8)c(c8ccc-4c1c28)c75)C(=O)N(c1c(C(C)C)cc(C(=O)O)cc1C(C)C)C6=O)C1=CC=C2c4c(Oc5ccc(C(C)(C)C)cc5)cc5c6c(cc(Oc7ccc(C(C)(C)C)cc7)c(c46)C4=CC=C3C1C42)C(=O)N(c1c(C(C)C)cc(C(=O)O)cc1C(C)C)C5=O. The molecule has 149 heavy (non-hydrogen) atoms. The Balaban J connectivity index is 0.618. The number of nitrogens with zero attached hydrogens (tertiary/aromatic N) is 2. The summed E-state index contributed by atoms with van der Waals surface area (Å²) >= 11 is 0. The smallest absolute Gasteiger partial charge is 0.335 e. The number of anilines is 2. The number of hydrogen-bond donors (Lipinski definition) is 2. The highest BCUT2D eigenvalue weighted by atomic mass is 16.5. The average Bonchev–Trinajstić information content (AvgIpc) is 1.67. The molecule has 0 saturated heterocycles. The van der Waals surface area contributed by atoms with Crippen LogP contribution in [0, 0.1) is 18.8 Å². The largest absolute Gasteiger partial charge is 0.478 e. The lowest BCUT2D eigenvalue weighted by Crippen LogP contribution is -2.42. The molecule has 14 heteroatoms. The number of rotatable bonds is 20. The van der Waals surface area contributed by atoms with Gasteiger partial charge in [-0.15, -0.1) is 0 Å². The normalized spacial score (nSPS) is 15.5. The summed E-state index contributed by atoms with van der Waals surface area (Å²) in [5.74, 6) is -2.00. The lowest BCUT2D eigenvalue weighted by atomic mass is 9.62. The van der Waals surface area contributed by atoms with Crippen molar-refractivity contribution in [1.82, 2.24) is 0 Å². The number of allylic oxidation sites excluding steroid dienone is 8. The number of ether oxygens (including phenoxy) is 4. The van der Waals surface area contributed by atoms with Crippen LogP contribution >= 0.6 is 0 Å². The van der Waals surface area contributed by atoms with Crippen molar-refractivity contribution >= 4 is 151 Å². The molecule has 2 heterocycles. The summed E-state index contributed by atoms with van der Waals surface area (Å²) in [4.78, 5) is 93.9. The van der Waals surface area contributed by atoms with Crippen LogP contribution in [0.1, 0.15) is 313 Å². The number of aromatic carboxylic acids is 2. The monoisotopic (exact) mass is 1960 g/mol. The number of aryl methyl sites for hydroxylation is 3. The summed E-state index contributed by atoms with van der Waals surface area (Å²) in [6, 6.07) is 74.1. The Bertz CT molecular complexity index is 8860. The number of imide groups is 2. The minimum Gasteiger partial charge on any atom is -0.478 e. The Labute approximate surface area is 868 Å². The summed E-state index contributed by atoms with van der Waals surface area (Å²) in [7, 11) is 0. The lowest BCUT2D eigenvalue weighted by molar-refractivity contribution is 0.0686. The highest BCUT2D eigenvalue weighted by molar-refractivity contribution is 6.46. The lowest BCUT2D eigenvalue weighted by Gasteiger charge is -2.42. The zero-order chi connectivity index (χ0) is 104. The Hall–Kier alpha value is -16.1. The molecule has 17 aromatic rings. The first kappa shape index (κ1) is 95.2. The van der Waals surface area contributed by atoms with Gasteiger partial charge in [-0.3, -0.25) is 19.2 Å². The summed E-state index contributed by atoms with van der Waals surface area (Å²) in [6.07, 6.45) is 12.5. The van der Waals surface area contributed by atoms with Gasteiger partial charge in [-0.2, -0.15) is 0 Å². The molecule has 5 aliphatic carbocycles. The van der Waals surface area contributed by atoms with E-state index in [9.17, 15) is 19.8 Å². The third-order valence-electron chi connectivity index (χ3n) is 32.5. The van der Waals surface area contributed by atoms with Gasteiger partial charge in [0, 0.05) is 55.3 Å². The van der Waals surface area contributed by atoms with E-state index in [1.807, 2.05) is 134 Å². The fourth-order valence-corrected chi connectivity index (χ4v) is 24.8. The first-order chi connectivity index (χ1) is 70.9. The van der Waals surface area contributed by atoms with Crippen molar-refractivity contribution in [1.29, 1.82) is 0 Å². The highest BCUT2D eigenvalue weighted by Crippen LogP contribution is 2.67. The molecule has 0 bridgehead atoms. The molecule has 740 valence electrons. The van der Waals surface area contributed by atoms with E-state index < -0.39 is 35.6 Å². The van der Waals surface area contributed by atoms with E-state index in [2.05, 4.69) is 242 Å². The fourth-order valence-electron chi connectivity index (χ4n) is 24.8. The Morgan fingerprint density at radius 1 is 0.322 bits per heavy atom. The molecule has 4 amide bonds. The second-order valence-corrected chi connectivity index (χ2v) is 47.4. The van der Waals surface area contributed by atoms with Crippen molar-refractivity contribution < 1.29 is 57.9 Å². The number of benzene rings is 17. The number of carboxylic acid groups (broad SMARTS) is 2. The molecule has 0 radical (unpaired) electrons. The van der Waals surface area contributed by atoms with Crippen molar-refractivity contribution in [2.45, 2.75) is 204 Å². The van der Waals surface area contributed by atoms with Crippen LogP contribution in [0.5, 0.6) is 46.0 Å². The molecule has 17 aromatic carbocycles. The van der Waals surface area contributed by atoms with Crippen molar-refractivity contribution in [2.24, 2.45) is 11.8 Å². The van der Waals surface area contributed by atoms with E-state index in [-0.39, 0.29) is 90.5 Å². The number of carbonyl (C=O) groups is 6. The predicted molar refractivity (Wildman–Crippen MR) is 605 cm³/mol. The number of fused-ring (bicyclic) bond motifs is 12. The molecule has 2 N–H and O–H groups in total. The Morgan fingerprint density at radius 3 is 0.973 bits per heavy atom. The molecular formula is C135H118N2O12. The maximum Gasteiger partial charge on any atom is 0.335 e. The van der Waals surface area contributed by atoms with Gasteiger partial charge in [0.15, 0.2) is 0 Å². The average molecular weight is 1960 g/mol. The highest BCUT2D eigenvalue weighted by Gasteiger charge is 2.52. The minimum atomic E-state index is -1.10. The molecular weight excluding hydrogens is 1840 g/mol. The van der Waals surface area contributed by atoms with Crippen LogP contribution in [0.3, 0.4) is 0 Å². The van der Waals surface area contributed by atoms with E-state index in [1.54, 1.807) is 24.3 Å². The molecule has 14 nitrogen and oxygen atoms in total. The first-order valence-corrected chi connectivity index (χ1v) is 52.2. The van der Waals surface area contributed by atoms with Crippen LogP contribution in [0.15, 0.2) is 249 Å². The van der Waals surface area contributed by atoms with E-state index in [0.29, 0.717) is 101 Å². The number of amides is 4. The molecule has 2 aliphatic heterocycles. The predicted octanol–water partition coefficient (Wildman–Crippen LogP) is 35.0. The minimum absolute atomic E-state index is 0.0743. The third kappa shape index (κ3) is 14.9. The van der Waals surface area contributed by atoms with E-state index in [1.165, 1.54) is 37.6 Å². The van der Waals surface area contributed by atoms with E-state index in [0.717, 1.165) is 150 Å². The number of carbonyl (C=O) groups excluding carboxylic acids is 4. The molecule has 0 spiro atoms. The Kier molecular flexibility index (Phi) is 21.5. The first-order valence-electron chi connectivity index (χ1n) is 52.2. The molecule has 24 rings (SSSR count). The van der Waals surface area contributed by atoms with Crippen LogP contribution in [0.25, 0.3) is 126 Å². The van der Waals surface area contributed by atoms with Crippen LogP contribution in [0.4, 0.5) is 11.4 Å². The van der Waals surface area contributed by atoms with Gasteiger partial charge in [0.25, 0.3) is 23.6 Å². The standard InChI is InChI=1S/C135H118N2O12/c1-23-71-51-75-55-101-89-43-47-94-115-95(121-111(149-87-40-32-83(33-41-87)135(20,21)22)65-107-117-106(64-110(120(94)123(117)121)148-86-38-30-82(31-39-86)134(17,18)19)128(140)137(129(107)141)125-98(68(6)7)60-79(131(144)145)61-99(125)69(8)9)49-45-91(113(89)115)103(101)57-77(75)53-73(71)25-24-72-52-76-56-102-90-44-48-93-114-92(46-42-88(112(90)114)100(102)54-74(76)50-70(72)10)118-108(146-84-34-26-80(27-35-84)132(11,12)13)62-104-116-105(63-109(119(93)122(116)118)147-85-36-28-81(29-37-85)133(14,15)16)127(139)136(126(104)138)124-96(66(2)3)58-78(130(142)143)59-97(124)67(4)5/h23,26-69,113,115H,1,24-25H2,2-22H3,(H,142,143)(H,144,145). The zero-order valence-corrected chi connectivity index (χ0v) is 88.1. The molecule has 2 unspecified atom stereocenters. The summed E-state index contributed by atoms with van der Waals surface area (Å²) in [6.45, 7) is 48.5. The maximum atomic E-state index is 16.4. The zero-order valence-electron chi connectivity index (χ0n) is 88.1. The summed E-state index contributed by atoms with van der Waals surface area (Å²) in [5.41, 5.74) is 25.3. The topological polar surface area (TPSA) is 186 Å². The van der Waals surface area contributed by atoms with Crippen LogP contribution in [0.2, 0.25) is 0 Å². The van der Waals surface area contributed by atoms with Crippen molar-refractivity contribution in [2.75, 3.05) is 9.80 Å². The molecule has 0 aromatic heterocycles. The number of hydrogen-bond acceptors (Lipinski definition) is 10. The van der Waals surface area contributed by atoms with Crippen LogP contribution in [-0.2, 0) is 34.5 Å². The van der Waals surface area contributed by atoms with Gasteiger partial charge in [0.2, 0.25) is 0 Å². The summed E-state index contributed by atoms with van der Waals surface area (Å²) in [5, 5.41) is 33.2. The molecule has 0 saturated carbocycles. The Morgan fingerprint density at radius 2 is 0.624 bits per heavy atom. The van der Waals surface area contributed by atoms with E-state index >= 15 is 19.2 Å². The van der Waals surface area contributed by atoms with Gasteiger partial charge < -0.3 is 29.2 Å². The van der Waals surface area contributed by atoms with Gasteiger partial charge in [-0.1, -0.05) is 266 Å². The summed E-state index contributed by atoms with van der Waals surface area (Å²) < 4.78 is 29.4. The quantitative estimate of drug-likeness (QED) is 0.0418.